The first kappa shape index (κ1) is 16.4. The predicted molar refractivity (Wildman–Crippen MR) is 80.1 cm³/mol. The van der Waals surface area contributed by atoms with Crippen molar-refractivity contribution >= 4 is 5.91 Å². The molecule has 1 aliphatic rings. The van der Waals surface area contributed by atoms with Crippen LogP contribution in [0, 0.1) is 17.8 Å². The van der Waals surface area contributed by atoms with Gasteiger partial charge in [0.25, 0.3) is 0 Å². The average Bonchev–Trinajstić information content (AvgIpc) is 2.80. The number of likely N-dealkylation sites (N-methyl/N-ethyl adjacent to an activating group) is 1. The molecule has 1 fully saturated rings. The van der Waals surface area contributed by atoms with E-state index in [0.29, 0.717) is 17.9 Å². The topological polar surface area (TPSA) is 44.4 Å². The number of carbonyl (C=O) groups is 1. The number of carbonyl (C=O) groups excluding carboxylic acids is 1. The number of nitrogens with one attached hydrogen (secondary N) is 2. The highest BCUT2D eigenvalue weighted by Crippen LogP contribution is 2.18. The van der Waals surface area contributed by atoms with E-state index >= 15 is 0 Å². The maximum atomic E-state index is 12.2. The maximum Gasteiger partial charge on any atom is 0.224 e. The summed E-state index contributed by atoms with van der Waals surface area (Å²) in [7, 11) is 4.21. The summed E-state index contributed by atoms with van der Waals surface area (Å²) in [6.07, 6.45) is 2.33. The normalized spacial score (nSPS) is 25.0. The first-order chi connectivity index (χ1) is 9.01. The zero-order valence-electron chi connectivity index (χ0n) is 13.2. The monoisotopic (exact) mass is 269 g/mol. The summed E-state index contributed by atoms with van der Waals surface area (Å²) < 4.78 is 0. The zero-order valence-corrected chi connectivity index (χ0v) is 13.2. The summed E-state index contributed by atoms with van der Waals surface area (Å²) in [6.45, 7) is 9.16. The number of hydrogen-bond donors (Lipinski definition) is 2. The SMILES string of the molecule is CCC(CC)C(CNC(=O)[C@@H]1CNC[C@H]1C)N(C)C. The molecule has 1 amide bonds. The molecule has 0 aliphatic carbocycles. The van der Waals surface area contributed by atoms with Gasteiger partial charge in [0.15, 0.2) is 0 Å². The minimum Gasteiger partial charge on any atom is -0.354 e. The van der Waals surface area contributed by atoms with Gasteiger partial charge in [-0.05, 0) is 32.5 Å². The van der Waals surface area contributed by atoms with Crippen LogP contribution in [0.3, 0.4) is 0 Å². The third kappa shape index (κ3) is 4.46. The minimum atomic E-state index is 0.143. The van der Waals surface area contributed by atoms with Gasteiger partial charge in [-0.2, -0.15) is 0 Å². The molecule has 1 unspecified atom stereocenters. The molecule has 0 saturated carbocycles. The van der Waals surface area contributed by atoms with Gasteiger partial charge in [0.2, 0.25) is 5.91 Å². The van der Waals surface area contributed by atoms with Gasteiger partial charge in [-0.25, -0.2) is 0 Å². The van der Waals surface area contributed by atoms with Gasteiger partial charge in [-0.3, -0.25) is 4.79 Å². The molecule has 19 heavy (non-hydrogen) atoms. The van der Waals surface area contributed by atoms with Gasteiger partial charge < -0.3 is 15.5 Å². The van der Waals surface area contributed by atoms with E-state index in [1.165, 1.54) is 0 Å². The van der Waals surface area contributed by atoms with Gasteiger partial charge in [-0.1, -0.05) is 33.6 Å². The van der Waals surface area contributed by atoms with Gasteiger partial charge in [-0.15, -0.1) is 0 Å². The van der Waals surface area contributed by atoms with Crippen molar-refractivity contribution in [2.45, 2.75) is 39.7 Å². The molecular formula is C15H31N3O. The second kappa shape index (κ2) is 7.85. The molecule has 1 saturated heterocycles. The molecule has 0 radical (unpaired) electrons. The number of nitrogens with zero attached hydrogens (tertiary/aromatic N) is 1. The van der Waals surface area contributed by atoms with Crippen molar-refractivity contribution in [3.05, 3.63) is 0 Å². The van der Waals surface area contributed by atoms with Crippen molar-refractivity contribution in [2.75, 3.05) is 33.7 Å². The van der Waals surface area contributed by atoms with Crippen LogP contribution in [-0.2, 0) is 4.79 Å². The Morgan fingerprint density at radius 1 is 1.32 bits per heavy atom. The second-order valence-electron chi connectivity index (χ2n) is 6.09. The van der Waals surface area contributed by atoms with Gasteiger partial charge in [0.05, 0.1) is 5.92 Å². The lowest BCUT2D eigenvalue weighted by atomic mass is 9.92. The summed E-state index contributed by atoms with van der Waals surface area (Å²) >= 11 is 0. The van der Waals surface area contributed by atoms with Crippen molar-refractivity contribution in [2.24, 2.45) is 17.8 Å². The molecule has 112 valence electrons. The Morgan fingerprint density at radius 3 is 2.37 bits per heavy atom. The molecular weight excluding hydrogens is 238 g/mol. The molecule has 1 rings (SSSR count). The average molecular weight is 269 g/mol. The van der Waals surface area contributed by atoms with Crippen molar-refractivity contribution < 1.29 is 4.79 Å². The van der Waals surface area contributed by atoms with Crippen LogP contribution >= 0.6 is 0 Å². The first-order valence-electron chi connectivity index (χ1n) is 7.66. The lowest BCUT2D eigenvalue weighted by molar-refractivity contribution is -0.125. The highest BCUT2D eigenvalue weighted by atomic mass is 16.1. The van der Waals surface area contributed by atoms with Crippen LogP contribution in [0.4, 0.5) is 0 Å². The lowest BCUT2D eigenvalue weighted by Gasteiger charge is -2.32. The minimum absolute atomic E-state index is 0.143. The van der Waals surface area contributed by atoms with E-state index in [2.05, 4.69) is 50.4 Å². The largest absolute Gasteiger partial charge is 0.354 e. The fourth-order valence-electron chi connectivity index (χ4n) is 3.10. The second-order valence-corrected chi connectivity index (χ2v) is 6.09. The van der Waals surface area contributed by atoms with Crippen molar-refractivity contribution in [3.63, 3.8) is 0 Å². The third-order valence-corrected chi connectivity index (χ3v) is 4.60. The molecule has 3 atom stereocenters. The van der Waals surface area contributed by atoms with Crippen molar-refractivity contribution in [1.82, 2.24) is 15.5 Å². The van der Waals surface area contributed by atoms with Crippen LogP contribution in [0.25, 0.3) is 0 Å². The van der Waals surface area contributed by atoms with Gasteiger partial charge >= 0.3 is 0 Å². The van der Waals surface area contributed by atoms with Crippen LogP contribution < -0.4 is 10.6 Å². The van der Waals surface area contributed by atoms with E-state index in [1.54, 1.807) is 0 Å². The van der Waals surface area contributed by atoms with E-state index in [4.69, 9.17) is 0 Å². The number of amides is 1. The fourth-order valence-corrected chi connectivity index (χ4v) is 3.10. The standard InChI is InChI=1S/C15H31N3O/c1-6-12(7-2)14(18(4)5)10-17-15(19)13-9-16-8-11(13)3/h11-14,16H,6-10H2,1-5H3,(H,17,19)/t11-,13-,14?/m1/s1. The smallest absolute Gasteiger partial charge is 0.224 e. The lowest BCUT2D eigenvalue weighted by Crippen LogP contribution is -2.46. The molecule has 0 aromatic rings. The molecule has 1 aliphatic heterocycles. The molecule has 4 nitrogen and oxygen atoms in total. The van der Waals surface area contributed by atoms with Crippen LogP contribution in [0.2, 0.25) is 0 Å². The Morgan fingerprint density at radius 2 is 1.95 bits per heavy atom. The maximum absolute atomic E-state index is 12.2. The van der Waals surface area contributed by atoms with Crippen molar-refractivity contribution in [3.8, 4) is 0 Å². The molecule has 1 heterocycles. The predicted octanol–water partition coefficient (Wildman–Crippen LogP) is 1.32. The summed E-state index contributed by atoms with van der Waals surface area (Å²) in [6, 6.07) is 0.434. The Labute approximate surface area is 118 Å². The highest BCUT2D eigenvalue weighted by molar-refractivity contribution is 5.79. The van der Waals surface area contributed by atoms with Crippen LogP contribution in [-0.4, -0.2) is 50.6 Å². The number of hydrogen-bond acceptors (Lipinski definition) is 3. The van der Waals surface area contributed by atoms with Crippen LogP contribution in [0.5, 0.6) is 0 Å². The van der Waals surface area contributed by atoms with E-state index in [-0.39, 0.29) is 11.8 Å². The summed E-state index contributed by atoms with van der Waals surface area (Å²) in [5.41, 5.74) is 0. The fraction of sp³-hybridized carbons (Fsp3) is 0.933. The number of rotatable bonds is 7. The van der Waals surface area contributed by atoms with Crippen molar-refractivity contribution in [1.29, 1.82) is 0 Å². The third-order valence-electron chi connectivity index (χ3n) is 4.60. The highest BCUT2D eigenvalue weighted by Gasteiger charge is 2.30. The molecule has 0 spiro atoms. The first-order valence-corrected chi connectivity index (χ1v) is 7.66. The quantitative estimate of drug-likeness (QED) is 0.733. The van der Waals surface area contributed by atoms with E-state index in [9.17, 15) is 4.79 Å². The summed E-state index contributed by atoms with van der Waals surface area (Å²) in [5, 5.41) is 6.45. The van der Waals surface area contributed by atoms with E-state index in [1.807, 2.05) is 0 Å². The molecule has 0 bridgehead atoms. The Kier molecular flexibility index (Phi) is 6.80. The van der Waals surface area contributed by atoms with Crippen LogP contribution in [0.1, 0.15) is 33.6 Å². The van der Waals surface area contributed by atoms with Gasteiger partial charge in [0, 0.05) is 19.1 Å². The molecule has 2 N–H and O–H groups in total. The molecule has 0 aromatic heterocycles. The Balaban J connectivity index is 2.49. The molecule has 4 heteroatoms. The van der Waals surface area contributed by atoms with E-state index < -0.39 is 0 Å². The van der Waals surface area contributed by atoms with Gasteiger partial charge in [0.1, 0.15) is 0 Å². The summed E-state index contributed by atoms with van der Waals surface area (Å²) in [4.78, 5) is 14.5. The zero-order chi connectivity index (χ0) is 14.4. The Hall–Kier alpha value is -0.610. The molecule has 0 aromatic carbocycles. The Bertz CT molecular complexity index is 277. The summed E-state index contributed by atoms with van der Waals surface area (Å²) in [5.74, 6) is 1.46. The van der Waals surface area contributed by atoms with E-state index in [0.717, 1.165) is 32.5 Å². The van der Waals surface area contributed by atoms with Crippen LogP contribution in [0.15, 0.2) is 0 Å².